The van der Waals surface area contributed by atoms with Crippen LogP contribution in [-0.2, 0) is 26.2 Å². The highest BCUT2D eigenvalue weighted by Crippen LogP contribution is 2.57. The Labute approximate surface area is 173 Å². The van der Waals surface area contributed by atoms with Crippen molar-refractivity contribution < 1.29 is 19.4 Å². The van der Waals surface area contributed by atoms with E-state index < -0.39 is 0 Å². The lowest BCUT2D eigenvalue weighted by molar-refractivity contribution is -0.153. The molecule has 5 nitrogen and oxygen atoms in total. The number of phenols is 1. The van der Waals surface area contributed by atoms with E-state index >= 15 is 0 Å². The smallest absolute Gasteiger partial charge is 0.308 e. The van der Waals surface area contributed by atoms with Crippen LogP contribution in [-0.4, -0.2) is 41.6 Å². The van der Waals surface area contributed by atoms with Gasteiger partial charge in [-0.15, -0.1) is 0 Å². The van der Waals surface area contributed by atoms with Crippen LogP contribution in [0.25, 0.3) is 0 Å². The van der Waals surface area contributed by atoms with Crippen molar-refractivity contribution in [3.63, 3.8) is 0 Å². The van der Waals surface area contributed by atoms with Crippen molar-refractivity contribution in [2.75, 3.05) is 13.7 Å². The Morgan fingerprint density at radius 2 is 1.76 bits per heavy atom. The predicted molar refractivity (Wildman–Crippen MR) is 111 cm³/mol. The molecular weight excluding hydrogens is 366 g/mol. The molecule has 0 unspecified atom stereocenters. The lowest BCUT2D eigenvalue weighted by Gasteiger charge is -2.61. The number of carbonyl (C=O) groups excluding carboxylic acids is 2. The maximum absolute atomic E-state index is 13.5. The van der Waals surface area contributed by atoms with Gasteiger partial charge >= 0.3 is 5.97 Å². The predicted octanol–water partition coefficient (Wildman–Crippen LogP) is 3.81. The van der Waals surface area contributed by atoms with Gasteiger partial charge in [0.25, 0.3) is 0 Å². The van der Waals surface area contributed by atoms with E-state index in [2.05, 4.69) is 31.7 Å². The zero-order valence-electron chi connectivity index (χ0n) is 18.0. The fourth-order valence-corrected chi connectivity index (χ4v) is 6.17. The summed E-state index contributed by atoms with van der Waals surface area (Å²) in [5.41, 5.74) is 2.10. The molecule has 158 valence electrons. The second-order valence-corrected chi connectivity index (χ2v) is 9.93. The van der Waals surface area contributed by atoms with Gasteiger partial charge < -0.3 is 14.7 Å². The summed E-state index contributed by atoms with van der Waals surface area (Å²) in [6.45, 7) is 7.60. The molecule has 1 aromatic rings. The molecule has 1 saturated heterocycles. The highest BCUT2D eigenvalue weighted by molar-refractivity contribution is 5.80. The maximum atomic E-state index is 13.5. The number of phenolic OH excluding ortho intramolecular Hbond substituents is 1. The molecule has 0 spiro atoms. The molecule has 1 aromatic carbocycles. The topological polar surface area (TPSA) is 66.8 Å². The van der Waals surface area contributed by atoms with E-state index in [1.54, 1.807) is 6.07 Å². The molecule has 0 radical (unpaired) electrons. The summed E-state index contributed by atoms with van der Waals surface area (Å²) in [5, 5.41) is 10.5. The van der Waals surface area contributed by atoms with Crippen molar-refractivity contribution in [3.8, 4) is 5.75 Å². The van der Waals surface area contributed by atoms with Crippen LogP contribution in [0.3, 0.4) is 0 Å². The van der Waals surface area contributed by atoms with E-state index in [9.17, 15) is 14.7 Å². The maximum Gasteiger partial charge on any atom is 0.308 e. The highest BCUT2D eigenvalue weighted by atomic mass is 16.5. The third kappa shape index (κ3) is 2.96. The Bertz CT molecular complexity index is 824. The number of hydrogen-bond donors (Lipinski definition) is 1. The number of rotatable bonds is 2. The van der Waals surface area contributed by atoms with Crippen molar-refractivity contribution in [1.82, 2.24) is 4.90 Å². The second-order valence-electron chi connectivity index (χ2n) is 9.93. The first kappa shape index (κ1) is 20.2. The van der Waals surface area contributed by atoms with Gasteiger partial charge in [-0.3, -0.25) is 9.59 Å². The number of aromatic hydroxyl groups is 1. The van der Waals surface area contributed by atoms with E-state index in [0.717, 1.165) is 44.2 Å². The second kappa shape index (κ2) is 7.03. The van der Waals surface area contributed by atoms with E-state index in [0.29, 0.717) is 12.2 Å². The third-order valence-corrected chi connectivity index (χ3v) is 8.52. The molecule has 2 atom stereocenters. The van der Waals surface area contributed by atoms with Crippen LogP contribution in [0.1, 0.15) is 64.0 Å². The molecule has 2 aliphatic carbocycles. The molecule has 3 aliphatic rings. The average Bonchev–Trinajstić information content (AvgIpc) is 2.70. The van der Waals surface area contributed by atoms with Crippen LogP contribution >= 0.6 is 0 Å². The molecule has 5 heteroatoms. The number of esters is 1. The Hall–Kier alpha value is -2.04. The molecule has 1 amide bonds. The minimum atomic E-state index is -0.148. The van der Waals surface area contributed by atoms with Gasteiger partial charge in [0, 0.05) is 23.9 Å². The number of likely N-dealkylation sites (tertiary alicyclic amines) is 1. The number of carbonyl (C=O) groups is 2. The summed E-state index contributed by atoms with van der Waals surface area (Å²) >= 11 is 0. The normalized spacial score (nSPS) is 33.0. The molecule has 2 bridgehead atoms. The molecule has 1 aliphatic heterocycles. The number of amides is 1. The molecule has 1 saturated carbocycles. The summed E-state index contributed by atoms with van der Waals surface area (Å²) in [6.07, 6.45) is 4.56. The van der Waals surface area contributed by atoms with Crippen LogP contribution in [0.15, 0.2) is 18.2 Å². The fourth-order valence-electron chi connectivity index (χ4n) is 6.17. The number of benzene rings is 1. The monoisotopic (exact) mass is 399 g/mol. The summed E-state index contributed by atoms with van der Waals surface area (Å²) in [4.78, 5) is 27.4. The highest BCUT2D eigenvalue weighted by Gasteiger charge is 2.57. The van der Waals surface area contributed by atoms with Gasteiger partial charge in [-0.25, -0.2) is 0 Å². The lowest BCUT2D eigenvalue weighted by Crippen LogP contribution is -2.65. The molecular formula is C24H33NO4. The first-order chi connectivity index (χ1) is 13.7. The van der Waals surface area contributed by atoms with Crippen LogP contribution in [0.4, 0.5) is 0 Å². The molecule has 29 heavy (non-hydrogen) atoms. The number of fused-ring (bicyclic) bond motifs is 4. The zero-order chi connectivity index (χ0) is 21.0. The average molecular weight is 400 g/mol. The van der Waals surface area contributed by atoms with Crippen molar-refractivity contribution in [2.24, 2.45) is 17.3 Å². The van der Waals surface area contributed by atoms with E-state index in [1.807, 2.05) is 6.07 Å². The molecule has 1 N–H and O–H groups in total. The van der Waals surface area contributed by atoms with Crippen LogP contribution in [0.5, 0.6) is 5.75 Å². The molecule has 1 heterocycles. The summed E-state index contributed by atoms with van der Waals surface area (Å²) in [7, 11) is 1.43. The Kier molecular flexibility index (Phi) is 4.91. The Morgan fingerprint density at radius 3 is 2.41 bits per heavy atom. The number of piperidine rings is 1. The molecule has 4 rings (SSSR count). The van der Waals surface area contributed by atoms with Gasteiger partial charge in [0.2, 0.25) is 5.91 Å². The van der Waals surface area contributed by atoms with Crippen LogP contribution in [0, 0.1) is 17.3 Å². The molecule has 0 aromatic heterocycles. The number of nitrogens with zero attached hydrogens (tertiary/aromatic N) is 1. The standard InChI is InChI=1S/C24H33NO4/c1-23(2)20-14-17-18(6-5-7-19(17)26)24(23,3)12-13-25(20)21(27)15-8-10-16(11-9-15)22(28)29-4/h5-7,15-16,20,26H,8-14H2,1-4H3/t15?,16?,20-,24+/m1/s1. The van der Waals surface area contributed by atoms with Crippen molar-refractivity contribution >= 4 is 11.9 Å². The summed E-state index contributed by atoms with van der Waals surface area (Å²) in [6, 6.07) is 5.93. The largest absolute Gasteiger partial charge is 0.508 e. The zero-order valence-corrected chi connectivity index (χ0v) is 18.0. The van der Waals surface area contributed by atoms with Crippen molar-refractivity contribution in [2.45, 2.75) is 70.8 Å². The van der Waals surface area contributed by atoms with Crippen LogP contribution in [0.2, 0.25) is 0 Å². The number of hydrogen-bond acceptors (Lipinski definition) is 4. The van der Waals surface area contributed by atoms with Gasteiger partial charge in [0.15, 0.2) is 0 Å². The van der Waals surface area contributed by atoms with E-state index in [-0.39, 0.29) is 40.6 Å². The van der Waals surface area contributed by atoms with Gasteiger partial charge in [-0.1, -0.05) is 32.9 Å². The SMILES string of the molecule is COC(=O)C1CCC(C(=O)N2CC[C@@]3(C)c4cccc(O)c4C[C@@H]2C3(C)C)CC1. The van der Waals surface area contributed by atoms with E-state index in [4.69, 9.17) is 4.74 Å². The number of ether oxygens (including phenoxy) is 1. The third-order valence-electron chi connectivity index (χ3n) is 8.52. The molecule has 2 fully saturated rings. The van der Waals surface area contributed by atoms with Gasteiger partial charge in [-0.05, 0) is 61.1 Å². The summed E-state index contributed by atoms with van der Waals surface area (Å²) in [5.74, 6) is 0.352. The van der Waals surface area contributed by atoms with Gasteiger partial charge in [0.1, 0.15) is 5.75 Å². The quantitative estimate of drug-likeness (QED) is 0.768. The van der Waals surface area contributed by atoms with Crippen LogP contribution < -0.4 is 0 Å². The summed E-state index contributed by atoms with van der Waals surface area (Å²) < 4.78 is 4.88. The van der Waals surface area contributed by atoms with Gasteiger partial charge in [0.05, 0.1) is 13.0 Å². The first-order valence-electron chi connectivity index (χ1n) is 10.9. The first-order valence-corrected chi connectivity index (χ1v) is 10.9. The lowest BCUT2D eigenvalue weighted by atomic mass is 9.51. The van der Waals surface area contributed by atoms with Crippen molar-refractivity contribution in [3.05, 3.63) is 29.3 Å². The Morgan fingerprint density at radius 1 is 1.10 bits per heavy atom. The number of methoxy groups -OCH3 is 1. The minimum absolute atomic E-state index is 0.0122. The van der Waals surface area contributed by atoms with E-state index in [1.165, 1.54) is 12.7 Å². The van der Waals surface area contributed by atoms with Crippen molar-refractivity contribution in [1.29, 1.82) is 0 Å². The minimum Gasteiger partial charge on any atom is -0.508 e. The fraction of sp³-hybridized carbons (Fsp3) is 0.667. The van der Waals surface area contributed by atoms with Gasteiger partial charge in [-0.2, -0.15) is 0 Å². The Balaban J connectivity index is 1.58.